The molecule has 0 atom stereocenters. The number of benzene rings is 1. The van der Waals surface area contributed by atoms with Crippen molar-refractivity contribution in [2.45, 2.75) is 51.4 Å². The molecule has 0 amide bonds. The first kappa shape index (κ1) is 22.4. The van der Waals surface area contributed by atoms with Crippen molar-refractivity contribution in [2.75, 3.05) is 13.2 Å². The molecule has 1 N–H and O–H groups in total. The molecular formula is C24H27F2N7O. The zero-order chi connectivity index (χ0) is 23.7. The lowest BCUT2D eigenvalue weighted by Gasteiger charge is -2.21. The third-order valence-corrected chi connectivity index (χ3v) is 6.13. The lowest BCUT2D eigenvalue weighted by molar-refractivity contribution is 0.0836. The van der Waals surface area contributed by atoms with Gasteiger partial charge in [0.25, 0.3) is 0 Å². The van der Waals surface area contributed by atoms with Gasteiger partial charge in [0.2, 0.25) is 0 Å². The molecule has 4 heterocycles. The van der Waals surface area contributed by atoms with Gasteiger partial charge in [0.1, 0.15) is 40.8 Å². The molecule has 4 aromatic rings. The van der Waals surface area contributed by atoms with Crippen molar-refractivity contribution in [3.05, 3.63) is 59.2 Å². The lowest BCUT2D eigenvalue weighted by atomic mass is 9.99. The molecule has 1 saturated carbocycles. The van der Waals surface area contributed by atoms with E-state index < -0.39 is 11.6 Å². The highest BCUT2D eigenvalue weighted by Gasteiger charge is 2.26. The van der Waals surface area contributed by atoms with Crippen LogP contribution in [0.15, 0.2) is 24.5 Å². The van der Waals surface area contributed by atoms with Crippen molar-refractivity contribution >= 4 is 11.2 Å². The standard InChI is InChI=1S/C19H18F2N4O.C5H7N3.H2/c1-10-11(2)23-19-17(22-10)16(14-4-3-13(20)9-15(14)21)24-18(25-19)12-5-7-26-8-6-12;1-2-4(1)5-6-3-7-8-5;/h3-4,9,12H,5-8H2,1-2H3;3-4H,1-2H2,(H,6,7,8);1H. The van der Waals surface area contributed by atoms with Crippen molar-refractivity contribution < 1.29 is 14.9 Å². The average Bonchev–Trinajstić information content (AvgIpc) is 3.54. The van der Waals surface area contributed by atoms with Gasteiger partial charge in [-0.25, -0.2) is 33.7 Å². The number of aryl methyl sites for hydroxylation is 2. The second-order valence-corrected chi connectivity index (χ2v) is 8.65. The molecule has 1 aliphatic carbocycles. The largest absolute Gasteiger partial charge is 0.381 e. The van der Waals surface area contributed by atoms with Crippen LogP contribution >= 0.6 is 0 Å². The van der Waals surface area contributed by atoms with Crippen LogP contribution in [0.1, 0.15) is 62.0 Å². The van der Waals surface area contributed by atoms with E-state index in [0.29, 0.717) is 41.8 Å². The maximum Gasteiger partial charge on any atom is 0.182 e. The minimum absolute atomic E-state index is 0. The van der Waals surface area contributed by atoms with Crippen molar-refractivity contribution in [1.82, 2.24) is 35.1 Å². The lowest BCUT2D eigenvalue weighted by Crippen LogP contribution is -2.17. The second-order valence-electron chi connectivity index (χ2n) is 8.65. The molecule has 1 aliphatic heterocycles. The Morgan fingerprint density at radius 2 is 1.71 bits per heavy atom. The monoisotopic (exact) mass is 467 g/mol. The molecule has 8 nitrogen and oxygen atoms in total. The number of aromatic amines is 1. The van der Waals surface area contributed by atoms with Crippen LogP contribution in [-0.2, 0) is 4.74 Å². The van der Waals surface area contributed by atoms with Crippen LogP contribution in [0.2, 0.25) is 0 Å². The van der Waals surface area contributed by atoms with Crippen molar-refractivity contribution in [1.29, 1.82) is 0 Å². The Hall–Kier alpha value is -3.40. The summed E-state index contributed by atoms with van der Waals surface area (Å²) in [6, 6.07) is 3.46. The van der Waals surface area contributed by atoms with E-state index in [2.05, 4.69) is 35.1 Å². The molecule has 0 radical (unpaired) electrons. The summed E-state index contributed by atoms with van der Waals surface area (Å²) in [6.45, 7) is 4.98. The predicted molar refractivity (Wildman–Crippen MR) is 123 cm³/mol. The first-order chi connectivity index (χ1) is 16.5. The molecule has 2 aliphatic rings. The first-order valence-electron chi connectivity index (χ1n) is 11.4. The SMILES string of the molecule is Cc1nc2nc(C3CCOCC3)nc(-c3ccc(F)cc3F)c2nc1C.[HH].c1n[nH]c(C2CC2)n1. The van der Waals surface area contributed by atoms with Crippen LogP contribution in [0.25, 0.3) is 22.4 Å². The topological polar surface area (TPSA) is 102 Å². The molecule has 1 aromatic carbocycles. The van der Waals surface area contributed by atoms with E-state index in [4.69, 9.17) is 4.74 Å². The van der Waals surface area contributed by atoms with E-state index in [-0.39, 0.29) is 12.9 Å². The molecule has 2 fully saturated rings. The van der Waals surface area contributed by atoms with E-state index in [1.165, 1.54) is 25.0 Å². The van der Waals surface area contributed by atoms with E-state index >= 15 is 0 Å². The number of nitrogens with one attached hydrogen (secondary N) is 1. The number of rotatable bonds is 3. The van der Waals surface area contributed by atoms with Gasteiger partial charge in [0.05, 0.1) is 11.4 Å². The molecular weight excluding hydrogens is 440 g/mol. The van der Waals surface area contributed by atoms with Crippen LogP contribution in [0.5, 0.6) is 0 Å². The summed E-state index contributed by atoms with van der Waals surface area (Å²) in [6.07, 6.45) is 5.74. The smallest absolute Gasteiger partial charge is 0.182 e. The molecule has 1 saturated heterocycles. The minimum atomic E-state index is -0.678. The summed E-state index contributed by atoms with van der Waals surface area (Å²) in [5.41, 5.74) is 2.90. The normalized spacial score (nSPS) is 16.4. The Kier molecular flexibility index (Phi) is 6.23. The van der Waals surface area contributed by atoms with Gasteiger partial charge in [-0.05, 0) is 51.7 Å². The highest BCUT2D eigenvalue weighted by Crippen LogP contribution is 2.37. The Labute approximate surface area is 196 Å². The number of ether oxygens (including phenoxy) is 1. The summed E-state index contributed by atoms with van der Waals surface area (Å²) < 4.78 is 33.2. The van der Waals surface area contributed by atoms with Crippen LogP contribution in [0.4, 0.5) is 8.78 Å². The zero-order valence-electron chi connectivity index (χ0n) is 19.1. The van der Waals surface area contributed by atoms with E-state index in [0.717, 1.165) is 36.1 Å². The number of halogens is 2. The maximum absolute atomic E-state index is 14.4. The zero-order valence-corrected chi connectivity index (χ0v) is 19.1. The Balaban J connectivity index is 0.000000270. The number of nitrogens with zero attached hydrogens (tertiary/aromatic N) is 6. The Bertz CT molecular complexity index is 1310. The van der Waals surface area contributed by atoms with Gasteiger partial charge in [-0.1, -0.05) is 0 Å². The summed E-state index contributed by atoms with van der Waals surface area (Å²) in [7, 11) is 0. The molecule has 0 unspecified atom stereocenters. The fourth-order valence-corrected chi connectivity index (χ4v) is 3.91. The number of fused-ring (bicyclic) bond motifs is 1. The van der Waals surface area contributed by atoms with Gasteiger partial charge in [-0.15, -0.1) is 0 Å². The van der Waals surface area contributed by atoms with Crippen LogP contribution in [0.3, 0.4) is 0 Å². The second kappa shape index (κ2) is 9.46. The highest BCUT2D eigenvalue weighted by molar-refractivity contribution is 5.87. The molecule has 6 rings (SSSR count). The van der Waals surface area contributed by atoms with Crippen LogP contribution < -0.4 is 0 Å². The predicted octanol–water partition coefficient (Wildman–Crippen LogP) is 4.80. The Morgan fingerprint density at radius 1 is 0.941 bits per heavy atom. The maximum atomic E-state index is 14.4. The number of H-pyrrole nitrogens is 1. The molecule has 0 spiro atoms. The third-order valence-electron chi connectivity index (χ3n) is 6.13. The summed E-state index contributed by atoms with van der Waals surface area (Å²) in [4.78, 5) is 22.3. The fourth-order valence-electron chi connectivity index (χ4n) is 3.91. The van der Waals surface area contributed by atoms with Gasteiger partial charge in [0.15, 0.2) is 5.65 Å². The van der Waals surface area contributed by atoms with Crippen molar-refractivity contribution in [2.24, 2.45) is 0 Å². The molecule has 178 valence electrons. The van der Waals surface area contributed by atoms with E-state index in [1.54, 1.807) is 6.33 Å². The van der Waals surface area contributed by atoms with E-state index in [9.17, 15) is 8.78 Å². The average molecular weight is 468 g/mol. The first-order valence-corrected chi connectivity index (χ1v) is 11.4. The van der Waals surface area contributed by atoms with Gasteiger partial charge >= 0.3 is 0 Å². The number of aromatic nitrogens is 7. The highest BCUT2D eigenvalue weighted by atomic mass is 19.1. The van der Waals surface area contributed by atoms with Gasteiger partial charge in [-0.3, -0.25) is 5.10 Å². The van der Waals surface area contributed by atoms with E-state index in [1.807, 2.05) is 13.8 Å². The summed E-state index contributed by atoms with van der Waals surface area (Å²) >= 11 is 0. The summed E-state index contributed by atoms with van der Waals surface area (Å²) in [5.74, 6) is 1.19. The number of hydrogen-bond donors (Lipinski definition) is 1. The van der Waals surface area contributed by atoms with Crippen molar-refractivity contribution in [3.8, 4) is 11.3 Å². The number of hydrogen-bond acceptors (Lipinski definition) is 7. The van der Waals surface area contributed by atoms with Crippen LogP contribution in [-0.4, -0.2) is 48.3 Å². The summed E-state index contributed by atoms with van der Waals surface area (Å²) in [5, 5.41) is 6.59. The molecule has 3 aromatic heterocycles. The van der Waals surface area contributed by atoms with Gasteiger partial charge in [0, 0.05) is 38.1 Å². The molecule has 10 heteroatoms. The van der Waals surface area contributed by atoms with Gasteiger partial charge in [-0.2, -0.15) is 5.10 Å². The quantitative estimate of drug-likeness (QED) is 0.461. The molecule has 0 bridgehead atoms. The third kappa shape index (κ3) is 4.77. The van der Waals surface area contributed by atoms with Crippen molar-refractivity contribution in [3.63, 3.8) is 0 Å². The van der Waals surface area contributed by atoms with Crippen LogP contribution in [0, 0.1) is 25.5 Å². The Morgan fingerprint density at radius 3 is 2.38 bits per heavy atom. The van der Waals surface area contributed by atoms with Gasteiger partial charge < -0.3 is 4.74 Å². The minimum Gasteiger partial charge on any atom is -0.381 e. The molecule has 34 heavy (non-hydrogen) atoms. The fraction of sp³-hybridized carbons (Fsp3) is 0.417.